The van der Waals surface area contributed by atoms with Crippen molar-refractivity contribution in [3.8, 4) is 0 Å². The standard InChI is InChI=1S/C20H27N3O2/c1-14(16-6-7-16)11-19(24)22-18-8-4-15(5-9-18)12-23-10-2-3-17(13-23)20(21)25/h4-5,8-9,11,16-17H,2-3,6-7,10,12-13H2,1H3,(H2,21,25)(H,22,24)/b14-11-/t17-/m1/s1. The number of likely N-dealkylation sites (tertiary alicyclic amines) is 1. The quantitative estimate of drug-likeness (QED) is 0.781. The highest BCUT2D eigenvalue weighted by molar-refractivity contribution is 5.99. The Morgan fingerprint density at radius 1 is 1.20 bits per heavy atom. The number of benzene rings is 1. The Balaban J connectivity index is 1.52. The zero-order valence-electron chi connectivity index (χ0n) is 14.8. The molecule has 0 unspecified atom stereocenters. The van der Waals surface area contributed by atoms with Crippen molar-refractivity contribution in [2.75, 3.05) is 18.4 Å². The molecule has 1 aromatic rings. The molecule has 3 N–H and O–H groups in total. The van der Waals surface area contributed by atoms with E-state index in [1.807, 2.05) is 31.2 Å². The zero-order chi connectivity index (χ0) is 17.8. The Morgan fingerprint density at radius 3 is 2.56 bits per heavy atom. The van der Waals surface area contributed by atoms with Gasteiger partial charge in [-0.15, -0.1) is 0 Å². The van der Waals surface area contributed by atoms with Crippen LogP contribution in [0.1, 0.15) is 38.2 Å². The van der Waals surface area contributed by atoms with Gasteiger partial charge < -0.3 is 11.1 Å². The van der Waals surface area contributed by atoms with Gasteiger partial charge in [-0.2, -0.15) is 0 Å². The van der Waals surface area contributed by atoms with Gasteiger partial charge in [-0.05, 0) is 62.8 Å². The highest BCUT2D eigenvalue weighted by Crippen LogP contribution is 2.35. The van der Waals surface area contributed by atoms with Crippen LogP contribution >= 0.6 is 0 Å². The summed E-state index contributed by atoms with van der Waals surface area (Å²) in [6.07, 6.45) is 6.02. The molecule has 0 radical (unpaired) electrons. The van der Waals surface area contributed by atoms with Crippen LogP contribution in [0.5, 0.6) is 0 Å². The van der Waals surface area contributed by atoms with Crippen LogP contribution in [-0.2, 0) is 16.1 Å². The summed E-state index contributed by atoms with van der Waals surface area (Å²) < 4.78 is 0. The molecule has 5 heteroatoms. The van der Waals surface area contributed by atoms with Gasteiger partial charge in [0.15, 0.2) is 0 Å². The van der Waals surface area contributed by atoms with Gasteiger partial charge >= 0.3 is 0 Å². The number of rotatable bonds is 6. The van der Waals surface area contributed by atoms with Crippen molar-refractivity contribution in [2.45, 2.75) is 39.2 Å². The van der Waals surface area contributed by atoms with Crippen LogP contribution in [-0.4, -0.2) is 29.8 Å². The van der Waals surface area contributed by atoms with Crippen molar-refractivity contribution in [3.63, 3.8) is 0 Å². The molecule has 2 fully saturated rings. The van der Waals surface area contributed by atoms with Crippen LogP contribution in [0.3, 0.4) is 0 Å². The van der Waals surface area contributed by atoms with E-state index in [1.54, 1.807) is 6.08 Å². The largest absolute Gasteiger partial charge is 0.369 e. The van der Waals surface area contributed by atoms with Crippen molar-refractivity contribution in [3.05, 3.63) is 41.5 Å². The second-order valence-electron chi connectivity index (χ2n) is 7.33. The van der Waals surface area contributed by atoms with Gasteiger partial charge in [0.05, 0.1) is 5.92 Å². The average Bonchev–Trinajstić information content (AvgIpc) is 3.42. The molecule has 2 amide bonds. The van der Waals surface area contributed by atoms with Crippen molar-refractivity contribution in [2.24, 2.45) is 17.6 Å². The van der Waals surface area contributed by atoms with Crippen LogP contribution in [0.4, 0.5) is 5.69 Å². The molecule has 3 rings (SSSR count). The smallest absolute Gasteiger partial charge is 0.248 e. The second kappa shape index (κ2) is 7.83. The van der Waals surface area contributed by atoms with Crippen molar-refractivity contribution < 1.29 is 9.59 Å². The Hall–Kier alpha value is -2.14. The fourth-order valence-corrected chi connectivity index (χ4v) is 3.42. The molecule has 0 aromatic heterocycles. The van der Waals surface area contributed by atoms with Crippen molar-refractivity contribution in [1.82, 2.24) is 4.90 Å². The van der Waals surface area contributed by atoms with E-state index in [2.05, 4.69) is 10.2 Å². The Labute approximate surface area is 149 Å². The van der Waals surface area contributed by atoms with Gasteiger partial charge in [-0.1, -0.05) is 17.7 Å². The summed E-state index contributed by atoms with van der Waals surface area (Å²) in [6, 6.07) is 7.92. The van der Waals surface area contributed by atoms with Crippen molar-refractivity contribution in [1.29, 1.82) is 0 Å². The number of amides is 2. The van der Waals surface area contributed by atoms with Gasteiger partial charge in [-0.25, -0.2) is 0 Å². The summed E-state index contributed by atoms with van der Waals surface area (Å²) in [4.78, 5) is 25.7. The molecule has 0 spiro atoms. The van der Waals surface area contributed by atoms with Gasteiger partial charge in [0.2, 0.25) is 11.8 Å². The van der Waals surface area contributed by atoms with E-state index < -0.39 is 0 Å². The third-order valence-corrected chi connectivity index (χ3v) is 5.12. The summed E-state index contributed by atoms with van der Waals surface area (Å²) in [5.74, 6) is 0.325. The number of nitrogens with one attached hydrogen (secondary N) is 1. The molecule has 134 valence electrons. The lowest BCUT2D eigenvalue weighted by Crippen LogP contribution is -2.40. The molecule has 1 heterocycles. The lowest BCUT2D eigenvalue weighted by Gasteiger charge is -2.31. The van der Waals surface area contributed by atoms with Crippen LogP contribution in [0.15, 0.2) is 35.9 Å². The van der Waals surface area contributed by atoms with Gasteiger partial charge in [0.25, 0.3) is 0 Å². The lowest BCUT2D eigenvalue weighted by atomic mass is 9.97. The predicted molar refractivity (Wildman–Crippen MR) is 98.7 cm³/mol. The van der Waals surface area contributed by atoms with Gasteiger partial charge in [0, 0.05) is 24.9 Å². The maximum atomic E-state index is 12.0. The minimum Gasteiger partial charge on any atom is -0.369 e. The van der Waals surface area contributed by atoms with Gasteiger partial charge in [0.1, 0.15) is 0 Å². The molecule has 1 aliphatic carbocycles. The normalized spacial score (nSPS) is 21.8. The molecule has 0 bridgehead atoms. The highest BCUT2D eigenvalue weighted by atomic mass is 16.1. The second-order valence-corrected chi connectivity index (χ2v) is 7.33. The summed E-state index contributed by atoms with van der Waals surface area (Å²) in [5.41, 5.74) is 8.59. The van der Waals surface area contributed by atoms with Gasteiger partial charge in [-0.3, -0.25) is 14.5 Å². The van der Waals surface area contributed by atoms with Crippen LogP contribution in [0.2, 0.25) is 0 Å². The molecular formula is C20H27N3O2. The van der Waals surface area contributed by atoms with E-state index in [-0.39, 0.29) is 17.7 Å². The Morgan fingerprint density at radius 2 is 1.92 bits per heavy atom. The fraction of sp³-hybridized carbons (Fsp3) is 0.500. The van der Waals surface area contributed by atoms with E-state index in [4.69, 9.17) is 5.73 Å². The first-order valence-electron chi connectivity index (χ1n) is 9.11. The maximum absolute atomic E-state index is 12.0. The Kier molecular flexibility index (Phi) is 5.53. The average molecular weight is 341 g/mol. The Bertz CT molecular complexity index is 662. The molecule has 1 saturated heterocycles. The van der Waals surface area contributed by atoms with Crippen LogP contribution in [0, 0.1) is 11.8 Å². The zero-order valence-corrected chi connectivity index (χ0v) is 14.8. The van der Waals surface area contributed by atoms with E-state index >= 15 is 0 Å². The topological polar surface area (TPSA) is 75.4 Å². The number of hydrogen-bond donors (Lipinski definition) is 2. The van der Waals surface area contributed by atoms with Crippen LogP contribution in [0.25, 0.3) is 0 Å². The predicted octanol–water partition coefficient (Wildman–Crippen LogP) is 2.68. The number of nitrogens with two attached hydrogens (primary N) is 1. The summed E-state index contributed by atoms with van der Waals surface area (Å²) in [5, 5.41) is 2.92. The number of carbonyl (C=O) groups is 2. The first-order valence-corrected chi connectivity index (χ1v) is 9.11. The number of anilines is 1. The van der Waals surface area contributed by atoms with Crippen LogP contribution < -0.4 is 11.1 Å². The lowest BCUT2D eigenvalue weighted by molar-refractivity contribution is -0.123. The summed E-state index contributed by atoms with van der Waals surface area (Å²) in [6.45, 7) is 4.56. The fourth-order valence-electron chi connectivity index (χ4n) is 3.42. The maximum Gasteiger partial charge on any atom is 0.248 e. The van der Waals surface area contributed by atoms with E-state index in [1.165, 1.54) is 24.0 Å². The number of piperidine rings is 1. The first kappa shape index (κ1) is 17.7. The molecule has 1 aliphatic heterocycles. The number of carbonyl (C=O) groups excluding carboxylic acids is 2. The molecule has 5 nitrogen and oxygen atoms in total. The summed E-state index contributed by atoms with van der Waals surface area (Å²) >= 11 is 0. The molecule has 25 heavy (non-hydrogen) atoms. The van der Waals surface area contributed by atoms with Crippen molar-refractivity contribution >= 4 is 17.5 Å². The number of hydrogen-bond acceptors (Lipinski definition) is 3. The minimum atomic E-state index is -0.197. The SMILES string of the molecule is C/C(=C/C(=O)Nc1ccc(CN2CCC[C@@H](C(N)=O)C2)cc1)C1CC1. The van der Waals surface area contributed by atoms with E-state index in [0.29, 0.717) is 5.92 Å². The first-order chi connectivity index (χ1) is 12.0. The third-order valence-electron chi connectivity index (χ3n) is 5.12. The third kappa shape index (κ3) is 5.16. The number of allylic oxidation sites excluding steroid dienone is 1. The molecule has 2 aliphatic rings. The molecule has 1 atom stereocenters. The molecular weight excluding hydrogens is 314 g/mol. The van der Waals surface area contributed by atoms with E-state index in [0.717, 1.165) is 38.2 Å². The molecule has 1 aromatic carbocycles. The minimum absolute atomic E-state index is 0.0335. The highest BCUT2D eigenvalue weighted by Gasteiger charge is 2.24. The summed E-state index contributed by atoms with van der Waals surface area (Å²) in [7, 11) is 0. The monoisotopic (exact) mass is 341 g/mol. The number of primary amides is 1. The molecule has 1 saturated carbocycles. The van der Waals surface area contributed by atoms with E-state index in [9.17, 15) is 9.59 Å². The number of nitrogens with zero attached hydrogens (tertiary/aromatic N) is 1.